The number of aromatic nitrogens is 2. The highest BCUT2D eigenvalue weighted by Gasteiger charge is 2.23. The van der Waals surface area contributed by atoms with Crippen LogP contribution in [-0.4, -0.2) is 27.4 Å². The Morgan fingerprint density at radius 1 is 1.00 bits per heavy atom. The minimum absolute atomic E-state index is 0.0152. The topological polar surface area (TPSA) is 109 Å². The smallest absolute Gasteiger partial charge is 0.315 e. The van der Waals surface area contributed by atoms with E-state index in [0.29, 0.717) is 27.9 Å². The van der Waals surface area contributed by atoms with Crippen molar-refractivity contribution in [1.29, 1.82) is 0 Å². The molecule has 5 rings (SSSR count). The number of ether oxygens (including phenoxy) is 2. The number of hydrogen-bond donors (Lipinski definition) is 0. The van der Waals surface area contributed by atoms with Crippen molar-refractivity contribution >= 4 is 38.7 Å². The molecule has 0 amide bonds. The number of rotatable bonds is 9. The van der Waals surface area contributed by atoms with E-state index in [2.05, 4.69) is 26.0 Å². The first-order valence-electron chi connectivity index (χ1n) is 12.4. The number of para-hydroxylation sites is 1. The van der Waals surface area contributed by atoms with E-state index >= 15 is 0 Å². The molecule has 1 heterocycles. The van der Waals surface area contributed by atoms with E-state index in [-0.39, 0.29) is 36.0 Å². The van der Waals surface area contributed by atoms with E-state index in [4.69, 9.17) is 9.47 Å². The minimum atomic E-state index is -0.532. The molecule has 0 fully saturated rings. The van der Waals surface area contributed by atoms with E-state index in [1.165, 1.54) is 17.0 Å². The number of halogens is 1. The highest BCUT2D eigenvalue weighted by atomic mass is 79.9. The van der Waals surface area contributed by atoms with Gasteiger partial charge in [-0.1, -0.05) is 70.5 Å². The number of hydrogen-bond acceptors (Lipinski definition) is 7. The molecule has 0 unspecified atom stereocenters. The van der Waals surface area contributed by atoms with Crippen molar-refractivity contribution in [1.82, 2.24) is 9.66 Å². The maximum Gasteiger partial charge on any atom is 0.315 e. The quantitative estimate of drug-likeness (QED) is 0.107. The van der Waals surface area contributed by atoms with E-state index in [0.717, 1.165) is 10.0 Å². The summed E-state index contributed by atoms with van der Waals surface area (Å²) >= 11 is 3.39. The molecule has 5 aromatic rings. The number of fused-ring (bicyclic) bond motifs is 1. The summed E-state index contributed by atoms with van der Waals surface area (Å²) in [6, 6.07) is 26.6. The van der Waals surface area contributed by atoms with Crippen LogP contribution in [0.3, 0.4) is 0 Å². The molecule has 0 atom stereocenters. The summed E-state index contributed by atoms with van der Waals surface area (Å²) in [6.45, 7) is 2.15. The first kappa shape index (κ1) is 26.8. The van der Waals surface area contributed by atoms with Gasteiger partial charge in [-0.25, -0.2) is 4.98 Å². The standard InChI is InChI=1S/C30H23BrN4O5/c1-2-39-27-17-21(16-26(35(37)38)28(27)40-19-20-12-14-23(31)15-13-20)18-32-34-29(22-8-4-3-5-9-22)33-25-11-7-6-10-24(25)30(34)36/h3-18H,2,19H2,1H3. The molecule has 0 radical (unpaired) electrons. The Kier molecular flexibility index (Phi) is 7.97. The molecule has 0 saturated heterocycles. The third-order valence-electron chi connectivity index (χ3n) is 5.96. The van der Waals surface area contributed by atoms with Crippen LogP contribution >= 0.6 is 15.9 Å². The zero-order chi connectivity index (χ0) is 28.1. The van der Waals surface area contributed by atoms with Gasteiger partial charge < -0.3 is 9.47 Å². The van der Waals surface area contributed by atoms with Crippen molar-refractivity contribution < 1.29 is 14.4 Å². The Hall–Kier alpha value is -4.83. The molecule has 0 aliphatic carbocycles. The van der Waals surface area contributed by atoms with Gasteiger partial charge in [-0.3, -0.25) is 14.9 Å². The Bertz CT molecular complexity index is 1770. The van der Waals surface area contributed by atoms with Crippen LogP contribution < -0.4 is 15.0 Å². The molecule has 0 aliphatic rings. The van der Waals surface area contributed by atoms with Gasteiger partial charge in [-0.05, 0) is 42.8 Å². The van der Waals surface area contributed by atoms with Crippen LogP contribution in [0.1, 0.15) is 18.1 Å². The monoisotopic (exact) mass is 598 g/mol. The Morgan fingerprint density at radius 3 is 2.45 bits per heavy atom. The highest BCUT2D eigenvalue weighted by molar-refractivity contribution is 9.10. The van der Waals surface area contributed by atoms with E-state index in [9.17, 15) is 14.9 Å². The molecular formula is C30H23BrN4O5. The lowest BCUT2D eigenvalue weighted by atomic mass is 10.1. The maximum atomic E-state index is 13.4. The van der Waals surface area contributed by atoms with E-state index < -0.39 is 4.92 Å². The van der Waals surface area contributed by atoms with Crippen LogP contribution in [0.2, 0.25) is 0 Å². The second kappa shape index (κ2) is 11.9. The van der Waals surface area contributed by atoms with Crippen molar-refractivity contribution in [3.05, 3.63) is 127 Å². The lowest BCUT2D eigenvalue weighted by molar-refractivity contribution is -0.386. The van der Waals surface area contributed by atoms with Crippen LogP contribution in [0.15, 0.2) is 105 Å². The number of benzene rings is 4. The van der Waals surface area contributed by atoms with Gasteiger partial charge in [0.15, 0.2) is 11.6 Å². The van der Waals surface area contributed by atoms with E-state index in [1.807, 2.05) is 60.7 Å². The minimum Gasteiger partial charge on any atom is -0.490 e. The Morgan fingerprint density at radius 2 is 1.73 bits per heavy atom. The van der Waals surface area contributed by atoms with Gasteiger partial charge in [0.25, 0.3) is 5.56 Å². The van der Waals surface area contributed by atoms with Crippen LogP contribution in [0.5, 0.6) is 11.5 Å². The van der Waals surface area contributed by atoms with Gasteiger partial charge in [0.1, 0.15) is 6.61 Å². The second-order valence-electron chi connectivity index (χ2n) is 8.65. The van der Waals surface area contributed by atoms with Gasteiger partial charge >= 0.3 is 5.69 Å². The number of nitro benzene ring substituents is 1. The summed E-state index contributed by atoms with van der Waals surface area (Å²) in [5.74, 6) is 0.554. The van der Waals surface area contributed by atoms with Crippen molar-refractivity contribution in [2.45, 2.75) is 13.5 Å². The van der Waals surface area contributed by atoms with Gasteiger partial charge in [-0.15, -0.1) is 0 Å². The van der Waals surface area contributed by atoms with Crippen molar-refractivity contribution in [3.63, 3.8) is 0 Å². The van der Waals surface area contributed by atoms with Crippen LogP contribution in [0.25, 0.3) is 22.3 Å². The largest absolute Gasteiger partial charge is 0.490 e. The Labute approximate surface area is 237 Å². The first-order chi connectivity index (χ1) is 19.4. The molecule has 0 aliphatic heterocycles. The normalized spacial score (nSPS) is 11.2. The summed E-state index contributed by atoms with van der Waals surface area (Å²) in [5, 5.41) is 16.9. The van der Waals surface area contributed by atoms with Gasteiger partial charge in [-0.2, -0.15) is 9.78 Å². The lowest BCUT2D eigenvalue weighted by Crippen LogP contribution is -2.20. The molecule has 0 N–H and O–H groups in total. The molecule has 9 nitrogen and oxygen atoms in total. The van der Waals surface area contributed by atoms with Gasteiger partial charge in [0.2, 0.25) is 5.75 Å². The predicted molar refractivity (Wildman–Crippen MR) is 157 cm³/mol. The summed E-state index contributed by atoms with van der Waals surface area (Å²) in [4.78, 5) is 29.6. The molecular weight excluding hydrogens is 576 g/mol. The molecule has 1 aromatic heterocycles. The SMILES string of the molecule is CCOc1cc(C=Nn2c(-c3ccccc3)nc3ccccc3c2=O)cc([N+](=O)[O-])c1OCc1ccc(Br)cc1. The summed E-state index contributed by atoms with van der Waals surface area (Å²) in [7, 11) is 0. The van der Waals surface area contributed by atoms with E-state index in [1.54, 1.807) is 31.2 Å². The van der Waals surface area contributed by atoms with Gasteiger partial charge in [0.05, 0.1) is 28.6 Å². The molecule has 4 aromatic carbocycles. The van der Waals surface area contributed by atoms with Crippen molar-refractivity contribution in [3.8, 4) is 22.9 Å². The third kappa shape index (κ3) is 5.76. The molecule has 10 heteroatoms. The first-order valence-corrected chi connectivity index (χ1v) is 13.2. The van der Waals surface area contributed by atoms with Crippen LogP contribution in [-0.2, 0) is 6.61 Å². The zero-order valence-corrected chi connectivity index (χ0v) is 22.9. The number of nitrogens with zero attached hydrogens (tertiary/aromatic N) is 4. The molecule has 0 spiro atoms. The number of nitro groups is 1. The maximum absolute atomic E-state index is 13.4. The predicted octanol–water partition coefficient (Wildman–Crippen LogP) is 6.59. The van der Waals surface area contributed by atoms with Crippen molar-refractivity contribution in [2.75, 3.05) is 6.61 Å². The van der Waals surface area contributed by atoms with Crippen LogP contribution in [0, 0.1) is 10.1 Å². The highest BCUT2D eigenvalue weighted by Crippen LogP contribution is 2.39. The fourth-order valence-corrected chi connectivity index (χ4v) is 4.36. The summed E-state index contributed by atoms with van der Waals surface area (Å²) in [5.41, 5.74) is 1.78. The average Bonchev–Trinajstić information content (AvgIpc) is 2.97. The fraction of sp³-hybridized carbons (Fsp3) is 0.100. The lowest BCUT2D eigenvalue weighted by Gasteiger charge is -2.13. The van der Waals surface area contributed by atoms with Crippen LogP contribution in [0.4, 0.5) is 5.69 Å². The van der Waals surface area contributed by atoms with Gasteiger partial charge in [0, 0.05) is 21.7 Å². The third-order valence-corrected chi connectivity index (χ3v) is 6.49. The molecule has 200 valence electrons. The summed E-state index contributed by atoms with van der Waals surface area (Å²) in [6.07, 6.45) is 1.37. The van der Waals surface area contributed by atoms with Crippen molar-refractivity contribution in [2.24, 2.45) is 5.10 Å². The fourth-order valence-electron chi connectivity index (χ4n) is 4.09. The zero-order valence-electron chi connectivity index (χ0n) is 21.4. The molecule has 0 saturated carbocycles. The average molecular weight is 599 g/mol. The molecule has 0 bridgehead atoms. The second-order valence-corrected chi connectivity index (χ2v) is 9.57. The summed E-state index contributed by atoms with van der Waals surface area (Å²) < 4.78 is 13.7. The Balaban J connectivity index is 1.58. The molecule has 40 heavy (non-hydrogen) atoms.